The summed E-state index contributed by atoms with van der Waals surface area (Å²) in [6.45, 7) is 3.81. The highest BCUT2D eigenvalue weighted by atomic mass is 35.5. The smallest absolute Gasteiger partial charge is 0.132 e. The molecule has 1 unspecified atom stereocenters. The molecular weight excluding hydrogens is 265 g/mol. The summed E-state index contributed by atoms with van der Waals surface area (Å²) in [5, 5.41) is 13.1. The van der Waals surface area contributed by atoms with Crippen molar-refractivity contribution in [3.63, 3.8) is 0 Å². The van der Waals surface area contributed by atoms with Crippen LogP contribution in [0.2, 0.25) is 5.02 Å². The van der Waals surface area contributed by atoms with Gasteiger partial charge in [-0.3, -0.25) is 0 Å². The third-order valence-corrected chi connectivity index (χ3v) is 3.26. The van der Waals surface area contributed by atoms with E-state index in [1.807, 2.05) is 32.0 Å². The number of aromatic hydroxyl groups is 1. The van der Waals surface area contributed by atoms with Crippen molar-refractivity contribution in [1.82, 2.24) is 0 Å². The standard InChI is InChI=1S/C15H15ClFNO/c1-9-3-4-11(16)7-15(9)18-10(2)13-6-5-12(19)8-14(13)17/h3-8,10,18-19H,1-2H3. The fraction of sp³-hybridized carbons (Fsp3) is 0.200. The Morgan fingerprint density at radius 2 is 1.95 bits per heavy atom. The van der Waals surface area contributed by atoms with E-state index in [4.69, 9.17) is 11.6 Å². The maximum Gasteiger partial charge on any atom is 0.132 e. The number of phenols is 1. The van der Waals surface area contributed by atoms with Crippen molar-refractivity contribution in [3.05, 3.63) is 58.4 Å². The zero-order chi connectivity index (χ0) is 14.0. The van der Waals surface area contributed by atoms with Gasteiger partial charge in [-0.25, -0.2) is 4.39 Å². The van der Waals surface area contributed by atoms with E-state index in [0.717, 1.165) is 17.3 Å². The SMILES string of the molecule is Cc1ccc(Cl)cc1NC(C)c1ccc(O)cc1F. The van der Waals surface area contributed by atoms with Crippen molar-refractivity contribution < 1.29 is 9.50 Å². The first-order valence-electron chi connectivity index (χ1n) is 5.98. The molecule has 2 aromatic rings. The average Bonchev–Trinajstić information content (AvgIpc) is 2.33. The van der Waals surface area contributed by atoms with E-state index in [1.165, 1.54) is 6.07 Å². The van der Waals surface area contributed by atoms with Crippen LogP contribution < -0.4 is 5.32 Å². The predicted octanol–water partition coefficient (Wildman–Crippen LogP) is 4.67. The van der Waals surface area contributed by atoms with Gasteiger partial charge in [0.25, 0.3) is 0 Å². The van der Waals surface area contributed by atoms with Gasteiger partial charge < -0.3 is 10.4 Å². The minimum Gasteiger partial charge on any atom is -0.508 e. The first-order chi connectivity index (χ1) is 8.97. The Labute approximate surface area is 116 Å². The van der Waals surface area contributed by atoms with Crippen LogP contribution in [-0.4, -0.2) is 5.11 Å². The summed E-state index contributed by atoms with van der Waals surface area (Å²) in [5.41, 5.74) is 2.40. The van der Waals surface area contributed by atoms with Crippen LogP contribution in [0.3, 0.4) is 0 Å². The molecule has 2 nitrogen and oxygen atoms in total. The quantitative estimate of drug-likeness (QED) is 0.856. The van der Waals surface area contributed by atoms with Gasteiger partial charge in [0, 0.05) is 22.3 Å². The fourth-order valence-electron chi connectivity index (χ4n) is 1.93. The van der Waals surface area contributed by atoms with Gasteiger partial charge in [-0.15, -0.1) is 0 Å². The molecule has 0 aliphatic carbocycles. The van der Waals surface area contributed by atoms with Crippen LogP contribution in [0.5, 0.6) is 5.75 Å². The fourth-order valence-corrected chi connectivity index (χ4v) is 2.10. The Morgan fingerprint density at radius 3 is 2.63 bits per heavy atom. The second kappa shape index (κ2) is 5.49. The van der Waals surface area contributed by atoms with E-state index in [2.05, 4.69) is 5.32 Å². The van der Waals surface area contributed by atoms with Crippen LogP contribution in [0.4, 0.5) is 10.1 Å². The lowest BCUT2D eigenvalue weighted by molar-refractivity contribution is 0.467. The monoisotopic (exact) mass is 279 g/mol. The lowest BCUT2D eigenvalue weighted by atomic mass is 10.1. The molecule has 0 spiro atoms. The van der Waals surface area contributed by atoms with Gasteiger partial charge in [-0.1, -0.05) is 23.7 Å². The molecule has 0 fully saturated rings. The molecule has 2 rings (SSSR count). The van der Waals surface area contributed by atoms with Crippen molar-refractivity contribution in [2.75, 3.05) is 5.32 Å². The predicted molar refractivity (Wildman–Crippen MR) is 76.3 cm³/mol. The molecule has 1 atom stereocenters. The number of hydrogen-bond acceptors (Lipinski definition) is 2. The molecule has 4 heteroatoms. The number of phenolic OH excluding ortho intramolecular Hbond substituents is 1. The Morgan fingerprint density at radius 1 is 1.21 bits per heavy atom. The highest BCUT2D eigenvalue weighted by molar-refractivity contribution is 6.30. The molecule has 0 amide bonds. The molecule has 0 radical (unpaired) electrons. The lowest BCUT2D eigenvalue weighted by Gasteiger charge is -2.18. The van der Waals surface area contributed by atoms with Crippen molar-refractivity contribution in [2.24, 2.45) is 0 Å². The third-order valence-electron chi connectivity index (χ3n) is 3.02. The van der Waals surface area contributed by atoms with E-state index < -0.39 is 5.82 Å². The Hall–Kier alpha value is -1.74. The summed E-state index contributed by atoms with van der Waals surface area (Å²) in [5.74, 6) is -0.507. The highest BCUT2D eigenvalue weighted by Crippen LogP contribution is 2.27. The summed E-state index contributed by atoms with van der Waals surface area (Å²) in [6.07, 6.45) is 0. The van der Waals surface area contributed by atoms with Crippen LogP contribution >= 0.6 is 11.6 Å². The van der Waals surface area contributed by atoms with Gasteiger partial charge >= 0.3 is 0 Å². The van der Waals surface area contributed by atoms with E-state index in [1.54, 1.807) is 6.07 Å². The Balaban J connectivity index is 2.25. The van der Waals surface area contributed by atoms with Crippen LogP contribution in [-0.2, 0) is 0 Å². The molecule has 0 aromatic heterocycles. The number of anilines is 1. The van der Waals surface area contributed by atoms with Gasteiger partial charge in [0.1, 0.15) is 11.6 Å². The average molecular weight is 280 g/mol. The lowest BCUT2D eigenvalue weighted by Crippen LogP contribution is -2.09. The Bertz CT molecular complexity index is 601. The number of hydrogen-bond donors (Lipinski definition) is 2. The summed E-state index contributed by atoms with van der Waals surface area (Å²) in [6, 6.07) is 9.46. The van der Waals surface area contributed by atoms with Crippen LogP contribution in [0.15, 0.2) is 36.4 Å². The van der Waals surface area contributed by atoms with E-state index in [0.29, 0.717) is 10.6 Å². The third kappa shape index (κ3) is 3.18. The van der Waals surface area contributed by atoms with E-state index in [9.17, 15) is 9.50 Å². The molecule has 0 aliphatic rings. The largest absolute Gasteiger partial charge is 0.508 e. The maximum absolute atomic E-state index is 13.8. The van der Waals surface area contributed by atoms with Crippen molar-refractivity contribution >= 4 is 17.3 Å². The summed E-state index contributed by atoms with van der Waals surface area (Å²) >= 11 is 5.95. The Kier molecular flexibility index (Phi) is 3.96. The highest BCUT2D eigenvalue weighted by Gasteiger charge is 2.12. The van der Waals surface area contributed by atoms with Crippen LogP contribution in [0.1, 0.15) is 24.1 Å². The zero-order valence-electron chi connectivity index (χ0n) is 10.7. The van der Waals surface area contributed by atoms with Crippen LogP contribution in [0.25, 0.3) is 0 Å². The van der Waals surface area contributed by atoms with Gasteiger partial charge in [0.15, 0.2) is 0 Å². The second-order valence-corrected chi connectivity index (χ2v) is 4.97. The molecule has 19 heavy (non-hydrogen) atoms. The van der Waals surface area contributed by atoms with Gasteiger partial charge in [0.2, 0.25) is 0 Å². The number of rotatable bonds is 3. The van der Waals surface area contributed by atoms with Crippen molar-refractivity contribution in [2.45, 2.75) is 19.9 Å². The first kappa shape index (κ1) is 13.7. The molecule has 2 N–H and O–H groups in total. The number of benzene rings is 2. The summed E-state index contributed by atoms with van der Waals surface area (Å²) in [7, 11) is 0. The molecule has 100 valence electrons. The topological polar surface area (TPSA) is 32.3 Å². The zero-order valence-corrected chi connectivity index (χ0v) is 11.5. The number of nitrogens with one attached hydrogen (secondary N) is 1. The van der Waals surface area contributed by atoms with Crippen molar-refractivity contribution in [1.29, 1.82) is 0 Å². The van der Waals surface area contributed by atoms with Gasteiger partial charge in [0.05, 0.1) is 6.04 Å². The molecule has 0 saturated heterocycles. The van der Waals surface area contributed by atoms with Crippen LogP contribution in [0, 0.1) is 12.7 Å². The second-order valence-electron chi connectivity index (χ2n) is 4.53. The summed E-state index contributed by atoms with van der Waals surface area (Å²) in [4.78, 5) is 0. The molecule has 2 aromatic carbocycles. The minimum absolute atomic E-state index is 0.0765. The molecular formula is C15H15ClFNO. The van der Waals surface area contributed by atoms with E-state index in [-0.39, 0.29) is 11.8 Å². The minimum atomic E-state index is -0.431. The molecule has 0 saturated carbocycles. The molecule has 0 aliphatic heterocycles. The molecule has 0 bridgehead atoms. The van der Waals surface area contributed by atoms with Gasteiger partial charge in [-0.2, -0.15) is 0 Å². The van der Waals surface area contributed by atoms with Gasteiger partial charge in [-0.05, 0) is 37.6 Å². The van der Waals surface area contributed by atoms with Crippen molar-refractivity contribution in [3.8, 4) is 5.75 Å². The molecule has 0 heterocycles. The number of aryl methyl sites for hydroxylation is 1. The maximum atomic E-state index is 13.8. The summed E-state index contributed by atoms with van der Waals surface area (Å²) < 4.78 is 13.8. The number of halogens is 2. The normalized spacial score (nSPS) is 12.2. The van der Waals surface area contributed by atoms with E-state index >= 15 is 0 Å². The first-order valence-corrected chi connectivity index (χ1v) is 6.36.